The van der Waals surface area contributed by atoms with E-state index >= 15 is 0 Å². The van der Waals surface area contributed by atoms with Crippen LogP contribution in [0, 0.1) is 5.92 Å². The van der Waals surface area contributed by atoms with Gasteiger partial charge >= 0.3 is 0 Å². The molecule has 0 fully saturated rings. The Hall–Kier alpha value is -0.150. The van der Waals surface area contributed by atoms with Crippen molar-refractivity contribution < 1.29 is 0 Å². The molecule has 0 amide bonds. The van der Waals surface area contributed by atoms with E-state index in [9.17, 15) is 0 Å². The molecule has 0 radical (unpaired) electrons. The fraction of sp³-hybridized carbons (Fsp3) is 0.778. The van der Waals surface area contributed by atoms with Crippen LogP contribution in [0.5, 0.6) is 0 Å². The lowest BCUT2D eigenvalue weighted by Crippen LogP contribution is -2.21. The van der Waals surface area contributed by atoms with Gasteiger partial charge in [-0.05, 0) is 32.7 Å². The Morgan fingerprint density at radius 1 is 1.67 bits per heavy atom. The topological polar surface area (TPSA) is 38.0 Å². The van der Waals surface area contributed by atoms with E-state index in [0.717, 1.165) is 6.54 Å². The average Bonchev–Trinajstić information content (AvgIpc) is 2.44. The van der Waals surface area contributed by atoms with Crippen molar-refractivity contribution in [3.8, 4) is 0 Å². The van der Waals surface area contributed by atoms with Crippen LogP contribution in [0.3, 0.4) is 0 Å². The number of nitrogens with two attached hydrogens (primary N) is 1. The van der Waals surface area contributed by atoms with E-state index in [1.165, 1.54) is 25.0 Å². The van der Waals surface area contributed by atoms with Crippen molar-refractivity contribution in [1.82, 2.24) is 5.32 Å². The highest BCUT2D eigenvalue weighted by atomic mass is 32.2. The fourth-order valence-electron chi connectivity index (χ4n) is 2.03. The third-order valence-corrected chi connectivity index (χ3v) is 3.92. The molecule has 0 spiro atoms. The smallest absolute Gasteiger partial charge is 0.0735 e. The van der Waals surface area contributed by atoms with Gasteiger partial charge in [0.05, 0.1) is 5.37 Å². The monoisotopic (exact) mass is 184 g/mol. The Bertz CT molecular complexity index is 213. The minimum Gasteiger partial charge on any atom is -0.376 e. The Labute approximate surface area is 78.0 Å². The van der Waals surface area contributed by atoms with E-state index in [2.05, 4.69) is 12.2 Å². The van der Waals surface area contributed by atoms with Gasteiger partial charge in [-0.2, -0.15) is 0 Å². The third kappa shape index (κ3) is 1.36. The van der Waals surface area contributed by atoms with Crippen molar-refractivity contribution in [3.05, 3.63) is 10.6 Å². The molecule has 2 unspecified atom stereocenters. The molecule has 0 aromatic rings. The van der Waals surface area contributed by atoms with E-state index < -0.39 is 0 Å². The van der Waals surface area contributed by atoms with Crippen LogP contribution in [-0.4, -0.2) is 11.9 Å². The maximum absolute atomic E-state index is 5.73. The lowest BCUT2D eigenvalue weighted by Gasteiger charge is -2.21. The minimum atomic E-state index is 0.571. The predicted molar refractivity (Wildman–Crippen MR) is 53.6 cm³/mol. The summed E-state index contributed by atoms with van der Waals surface area (Å²) in [6, 6.07) is 0. The molecule has 0 saturated heterocycles. The highest BCUT2D eigenvalue weighted by molar-refractivity contribution is 8.03. The SMILES string of the molecule is CC1NC2=C(S1)C(CN)CCC2. The van der Waals surface area contributed by atoms with E-state index in [-0.39, 0.29) is 0 Å². The fourth-order valence-corrected chi connectivity index (χ4v) is 3.32. The maximum atomic E-state index is 5.73. The summed E-state index contributed by atoms with van der Waals surface area (Å²) in [5.41, 5.74) is 7.21. The summed E-state index contributed by atoms with van der Waals surface area (Å²) in [6.45, 7) is 3.04. The van der Waals surface area contributed by atoms with Gasteiger partial charge in [-0.15, -0.1) is 11.8 Å². The summed E-state index contributed by atoms with van der Waals surface area (Å²) in [5, 5.41) is 4.08. The second kappa shape index (κ2) is 3.30. The van der Waals surface area contributed by atoms with Crippen LogP contribution >= 0.6 is 11.8 Å². The van der Waals surface area contributed by atoms with Gasteiger partial charge < -0.3 is 11.1 Å². The van der Waals surface area contributed by atoms with Crippen molar-refractivity contribution >= 4 is 11.8 Å². The Kier molecular flexibility index (Phi) is 2.33. The zero-order valence-corrected chi connectivity index (χ0v) is 8.29. The molecule has 12 heavy (non-hydrogen) atoms. The predicted octanol–water partition coefficient (Wildman–Crippen LogP) is 1.64. The second-order valence-electron chi connectivity index (χ2n) is 3.57. The van der Waals surface area contributed by atoms with Gasteiger partial charge in [-0.3, -0.25) is 0 Å². The van der Waals surface area contributed by atoms with Crippen LogP contribution < -0.4 is 11.1 Å². The van der Waals surface area contributed by atoms with Gasteiger partial charge in [0.2, 0.25) is 0 Å². The van der Waals surface area contributed by atoms with Crippen LogP contribution in [0.15, 0.2) is 10.6 Å². The molecule has 2 nitrogen and oxygen atoms in total. The minimum absolute atomic E-state index is 0.571. The first-order chi connectivity index (χ1) is 5.81. The highest BCUT2D eigenvalue weighted by Crippen LogP contribution is 2.42. The van der Waals surface area contributed by atoms with E-state index in [0.29, 0.717) is 11.3 Å². The molecule has 2 rings (SSSR count). The first-order valence-corrected chi connectivity index (χ1v) is 5.55. The number of allylic oxidation sites excluding steroid dienone is 1. The molecule has 0 aromatic carbocycles. The first-order valence-electron chi connectivity index (χ1n) is 4.67. The summed E-state index contributed by atoms with van der Waals surface area (Å²) in [5.74, 6) is 0.649. The maximum Gasteiger partial charge on any atom is 0.0735 e. The molecule has 1 aliphatic carbocycles. The van der Waals surface area contributed by atoms with Crippen molar-refractivity contribution in [2.24, 2.45) is 11.7 Å². The lowest BCUT2D eigenvalue weighted by atomic mass is 9.93. The second-order valence-corrected chi connectivity index (χ2v) is 4.95. The van der Waals surface area contributed by atoms with Crippen LogP contribution in [0.2, 0.25) is 0 Å². The summed E-state index contributed by atoms with van der Waals surface area (Å²) in [7, 11) is 0. The molecule has 1 aliphatic heterocycles. The van der Waals surface area contributed by atoms with Gasteiger partial charge in [-0.25, -0.2) is 0 Å². The number of rotatable bonds is 1. The van der Waals surface area contributed by atoms with E-state index in [4.69, 9.17) is 5.73 Å². The van der Waals surface area contributed by atoms with Gasteiger partial charge in [-0.1, -0.05) is 0 Å². The standard InChI is InChI=1S/C9H16N2S/c1-6-11-8-4-2-3-7(5-10)9(8)12-6/h6-7,11H,2-5,10H2,1H3. The molecule has 2 atom stereocenters. The van der Waals surface area contributed by atoms with Crippen LogP contribution in [-0.2, 0) is 0 Å². The molecule has 0 aromatic heterocycles. The summed E-state index contributed by atoms with van der Waals surface area (Å²) < 4.78 is 0. The Balaban J connectivity index is 2.16. The zero-order chi connectivity index (χ0) is 8.55. The van der Waals surface area contributed by atoms with Crippen LogP contribution in [0.1, 0.15) is 26.2 Å². The normalized spacial score (nSPS) is 34.8. The molecule has 3 N–H and O–H groups in total. The first kappa shape index (κ1) is 8.45. The molecular formula is C9H16N2S. The van der Waals surface area contributed by atoms with Crippen LogP contribution in [0.25, 0.3) is 0 Å². The summed E-state index contributed by atoms with van der Waals surface area (Å²) in [6.07, 6.45) is 3.83. The number of hydrogen-bond donors (Lipinski definition) is 2. The highest BCUT2D eigenvalue weighted by Gasteiger charge is 2.29. The lowest BCUT2D eigenvalue weighted by molar-refractivity contribution is 0.517. The van der Waals surface area contributed by atoms with Crippen molar-refractivity contribution in [1.29, 1.82) is 0 Å². The third-order valence-electron chi connectivity index (χ3n) is 2.61. The Morgan fingerprint density at radius 3 is 3.25 bits per heavy atom. The molecular weight excluding hydrogens is 168 g/mol. The molecule has 1 heterocycles. The van der Waals surface area contributed by atoms with Gasteiger partial charge in [0, 0.05) is 16.5 Å². The van der Waals surface area contributed by atoms with Crippen molar-refractivity contribution in [2.45, 2.75) is 31.6 Å². The van der Waals surface area contributed by atoms with E-state index in [1.54, 1.807) is 4.91 Å². The number of nitrogens with one attached hydrogen (secondary N) is 1. The quantitative estimate of drug-likeness (QED) is 0.650. The van der Waals surface area contributed by atoms with Crippen molar-refractivity contribution in [2.75, 3.05) is 6.54 Å². The van der Waals surface area contributed by atoms with E-state index in [1.807, 2.05) is 11.8 Å². The van der Waals surface area contributed by atoms with Crippen molar-refractivity contribution in [3.63, 3.8) is 0 Å². The zero-order valence-electron chi connectivity index (χ0n) is 7.47. The molecule has 3 heteroatoms. The average molecular weight is 184 g/mol. The number of thioether (sulfide) groups is 1. The largest absolute Gasteiger partial charge is 0.376 e. The van der Waals surface area contributed by atoms with Gasteiger partial charge in [0.15, 0.2) is 0 Å². The molecule has 2 aliphatic rings. The summed E-state index contributed by atoms with van der Waals surface area (Å²) >= 11 is 1.97. The molecule has 0 saturated carbocycles. The Morgan fingerprint density at radius 2 is 2.50 bits per heavy atom. The van der Waals surface area contributed by atoms with Gasteiger partial charge in [0.25, 0.3) is 0 Å². The summed E-state index contributed by atoms with van der Waals surface area (Å²) in [4.78, 5) is 1.55. The van der Waals surface area contributed by atoms with Gasteiger partial charge in [0.1, 0.15) is 0 Å². The number of hydrogen-bond acceptors (Lipinski definition) is 3. The van der Waals surface area contributed by atoms with Crippen LogP contribution in [0.4, 0.5) is 0 Å². The molecule has 68 valence electrons. The molecule has 0 bridgehead atoms.